The Kier molecular flexibility index (Phi) is 3.74. The summed E-state index contributed by atoms with van der Waals surface area (Å²) in [4.78, 5) is 0. The van der Waals surface area contributed by atoms with E-state index >= 15 is 0 Å². The van der Waals surface area contributed by atoms with Crippen molar-refractivity contribution < 1.29 is 4.74 Å². The first-order valence-electron chi connectivity index (χ1n) is 5.28. The van der Waals surface area contributed by atoms with Crippen molar-refractivity contribution in [1.29, 1.82) is 5.26 Å². The van der Waals surface area contributed by atoms with Crippen molar-refractivity contribution >= 4 is 0 Å². The van der Waals surface area contributed by atoms with Crippen LogP contribution in [-0.4, -0.2) is 12.2 Å². The number of hydrogen-bond donors (Lipinski definition) is 0. The Morgan fingerprint density at radius 1 is 1.38 bits per heavy atom. The Balaban J connectivity index is 2.58. The van der Waals surface area contributed by atoms with E-state index in [1.54, 1.807) is 0 Å². The van der Waals surface area contributed by atoms with Crippen LogP contribution in [0.25, 0.3) is 0 Å². The third-order valence-corrected chi connectivity index (χ3v) is 3.05. The number of rotatable bonds is 3. The molecule has 1 saturated carbocycles. The monoisotopic (exact) mass is 181 g/mol. The van der Waals surface area contributed by atoms with Gasteiger partial charge in [0.1, 0.15) is 0 Å². The molecule has 0 amide bonds. The third kappa shape index (κ3) is 2.45. The lowest BCUT2D eigenvalue weighted by molar-refractivity contribution is -0.0358. The zero-order valence-electron chi connectivity index (χ0n) is 8.68. The van der Waals surface area contributed by atoms with Crippen molar-refractivity contribution in [2.24, 2.45) is 5.92 Å². The van der Waals surface area contributed by atoms with Gasteiger partial charge in [0.2, 0.25) is 0 Å². The highest BCUT2D eigenvalue weighted by Crippen LogP contribution is 2.34. The van der Waals surface area contributed by atoms with E-state index in [1.807, 2.05) is 13.8 Å². The lowest BCUT2D eigenvalue weighted by atomic mass is 9.78. The topological polar surface area (TPSA) is 33.0 Å². The van der Waals surface area contributed by atoms with Crippen LogP contribution in [-0.2, 0) is 4.74 Å². The van der Waals surface area contributed by atoms with Gasteiger partial charge in [0.25, 0.3) is 0 Å². The van der Waals surface area contributed by atoms with E-state index in [9.17, 15) is 0 Å². The molecule has 74 valence electrons. The maximum Gasteiger partial charge on any atom is 0.154 e. The van der Waals surface area contributed by atoms with Gasteiger partial charge in [-0.3, -0.25) is 0 Å². The summed E-state index contributed by atoms with van der Waals surface area (Å²) in [6, 6.07) is 2.33. The molecule has 1 unspecified atom stereocenters. The fraction of sp³-hybridized carbons (Fsp3) is 0.909. The van der Waals surface area contributed by atoms with Crippen LogP contribution in [0.3, 0.4) is 0 Å². The van der Waals surface area contributed by atoms with Crippen LogP contribution in [0, 0.1) is 17.2 Å². The van der Waals surface area contributed by atoms with Gasteiger partial charge in [-0.05, 0) is 26.7 Å². The molecule has 0 saturated heterocycles. The highest BCUT2D eigenvalue weighted by atomic mass is 16.5. The average molecular weight is 181 g/mol. The smallest absolute Gasteiger partial charge is 0.154 e. The maximum atomic E-state index is 9.09. The van der Waals surface area contributed by atoms with Gasteiger partial charge in [-0.1, -0.05) is 19.3 Å². The first-order valence-corrected chi connectivity index (χ1v) is 5.28. The molecule has 2 nitrogen and oxygen atoms in total. The van der Waals surface area contributed by atoms with Crippen LogP contribution in [0.15, 0.2) is 0 Å². The number of nitrogens with zero attached hydrogens (tertiary/aromatic N) is 1. The molecule has 0 spiro atoms. The summed E-state index contributed by atoms with van der Waals surface area (Å²) in [5.74, 6) is 0.450. The van der Waals surface area contributed by atoms with Gasteiger partial charge in [-0.25, -0.2) is 0 Å². The quantitative estimate of drug-likeness (QED) is 0.670. The zero-order valence-corrected chi connectivity index (χ0v) is 8.68. The van der Waals surface area contributed by atoms with Gasteiger partial charge in [-0.15, -0.1) is 0 Å². The normalized spacial score (nSPS) is 23.5. The zero-order chi connectivity index (χ0) is 9.73. The van der Waals surface area contributed by atoms with E-state index in [2.05, 4.69) is 6.07 Å². The Morgan fingerprint density at radius 2 is 2.00 bits per heavy atom. The fourth-order valence-electron chi connectivity index (χ4n) is 2.19. The maximum absolute atomic E-state index is 9.09. The van der Waals surface area contributed by atoms with Gasteiger partial charge in [0.05, 0.1) is 6.07 Å². The van der Waals surface area contributed by atoms with E-state index < -0.39 is 5.60 Å². The molecule has 1 rings (SSSR count). The van der Waals surface area contributed by atoms with E-state index in [0.717, 1.165) is 12.8 Å². The minimum absolute atomic E-state index is 0.450. The first kappa shape index (κ1) is 10.5. The predicted molar refractivity (Wildman–Crippen MR) is 52.2 cm³/mol. The molecule has 0 bridgehead atoms. The fourth-order valence-corrected chi connectivity index (χ4v) is 2.19. The molecule has 1 aliphatic carbocycles. The molecule has 2 heteroatoms. The second-order valence-corrected chi connectivity index (χ2v) is 3.99. The lowest BCUT2D eigenvalue weighted by Crippen LogP contribution is -2.37. The minimum atomic E-state index is -0.533. The minimum Gasteiger partial charge on any atom is -0.360 e. The molecule has 0 aromatic rings. The Labute approximate surface area is 80.9 Å². The van der Waals surface area contributed by atoms with Gasteiger partial charge < -0.3 is 4.74 Å². The Bertz CT molecular complexity index is 191. The van der Waals surface area contributed by atoms with Crippen molar-refractivity contribution in [3.05, 3.63) is 0 Å². The van der Waals surface area contributed by atoms with Crippen LogP contribution in [0.1, 0.15) is 46.0 Å². The number of ether oxygens (including phenoxy) is 1. The molecule has 0 radical (unpaired) electrons. The van der Waals surface area contributed by atoms with Crippen LogP contribution in [0.4, 0.5) is 0 Å². The summed E-state index contributed by atoms with van der Waals surface area (Å²) in [6.07, 6.45) is 6.16. The summed E-state index contributed by atoms with van der Waals surface area (Å²) in [5, 5.41) is 9.09. The van der Waals surface area contributed by atoms with Gasteiger partial charge in [0.15, 0.2) is 5.60 Å². The third-order valence-electron chi connectivity index (χ3n) is 3.05. The summed E-state index contributed by atoms with van der Waals surface area (Å²) >= 11 is 0. The molecule has 13 heavy (non-hydrogen) atoms. The largest absolute Gasteiger partial charge is 0.360 e. The number of nitriles is 1. The van der Waals surface area contributed by atoms with Crippen LogP contribution in [0.2, 0.25) is 0 Å². The molecule has 1 fully saturated rings. The SMILES string of the molecule is CCOC(C)(C#N)C1CCCCC1. The Morgan fingerprint density at radius 3 is 2.46 bits per heavy atom. The van der Waals surface area contributed by atoms with Gasteiger partial charge in [-0.2, -0.15) is 5.26 Å². The molecule has 0 aromatic heterocycles. The average Bonchev–Trinajstić information content (AvgIpc) is 2.19. The summed E-state index contributed by atoms with van der Waals surface area (Å²) in [6.45, 7) is 4.53. The molecule has 0 aromatic carbocycles. The Hall–Kier alpha value is -0.550. The molecule has 0 aliphatic heterocycles. The predicted octanol–water partition coefficient (Wildman–Crippen LogP) is 2.89. The van der Waals surface area contributed by atoms with Crippen LogP contribution >= 0.6 is 0 Å². The molecular formula is C11H19NO. The molecular weight excluding hydrogens is 162 g/mol. The molecule has 1 aliphatic rings. The number of hydrogen-bond acceptors (Lipinski definition) is 2. The first-order chi connectivity index (χ1) is 6.23. The highest BCUT2D eigenvalue weighted by Gasteiger charge is 2.35. The van der Waals surface area contributed by atoms with Crippen molar-refractivity contribution in [1.82, 2.24) is 0 Å². The summed E-state index contributed by atoms with van der Waals surface area (Å²) < 4.78 is 5.56. The van der Waals surface area contributed by atoms with Crippen molar-refractivity contribution in [2.75, 3.05) is 6.61 Å². The van der Waals surface area contributed by atoms with E-state index in [4.69, 9.17) is 10.00 Å². The van der Waals surface area contributed by atoms with Crippen molar-refractivity contribution in [3.8, 4) is 6.07 Å². The molecule has 1 atom stereocenters. The van der Waals surface area contributed by atoms with E-state index in [-0.39, 0.29) is 0 Å². The molecule has 0 heterocycles. The highest BCUT2D eigenvalue weighted by molar-refractivity contribution is 5.03. The van der Waals surface area contributed by atoms with Crippen LogP contribution < -0.4 is 0 Å². The van der Waals surface area contributed by atoms with Gasteiger partial charge >= 0.3 is 0 Å². The second kappa shape index (κ2) is 4.62. The van der Waals surface area contributed by atoms with Gasteiger partial charge in [0, 0.05) is 12.5 Å². The summed E-state index contributed by atoms with van der Waals surface area (Å²) in [7, 11) is 0. The van der Waals surface area contributed by atoms with Crippen molar-refractivity contribution in [2.45, 2.75) is 51.6 Å². The van der Waals surface area contributed by atoms with Crippen LogP contribution in [0.5, 0.6) is 0 Å². The standard InChI is InChI=1S/C11H19NO/c1-3-13-11(2,9-12)10-7-5-4-6-8-10/h10H,3-8H2,1-2H3. The van der Waals surface area contributed by atoms with E-state index in [1.165, 1.54) is 19.3 Å². The lowest BCUT2D eigenvalue weighted by Gasteiger charge is -2.33. The van der Waals surface area contributed by atoms with E-state index in [0.29, 0.717) is 12.5 Å². The summed E-state index contributed by atoms with van der Waals surface area (Å²) in [5.41, 5.74) is -0.533. The second-order valence-electron chi connectivity index (χ2n) is 3.99. The molecule has 0 N–H and O–H groups in total. The van der Waals surface area contributed by atoms with Crippen molar-refractivity contribution in [3.63, 3.8) is 0 Å².